The van der Waals surface area contributed by atoms with Gasteiger partial charge in [0.05, 0.1) is 12.8 Å². The van der Waals surface area contributed by atoms with Crippen molar-refractivity contribution in [3.8, 4) is 0 Å². The molecular weight excluding hydrogens is 226 g/mol. The van der Waals surface area contributed by atoms with Gasteiger partial charge in [-0.05, 0) is 24.3 Å². The molecule has 0 amide bonds. The van der Waals surface area contributed by atoms with Crippen molar-refractivity contribution in [1.29, 1.82) is 0 Å². The first-order valence-corrected chi connectivity index (χ1v) is 6.20. The Kier molecular flexibility index (Phi) is 2.54. The highest BCUT2D eigenvalue weighted by Gasteiger charge is 2.48. The van der Waals surface area contributed by atoms with E-state index >= 15 is 0 Å². The second-order valence-electron chi connectivity index (χ2n) is 4.81. The molecule has 0 bridgehead atoms. The summed E-state index contributed by atoms with van der Waals surface area (Å²) in [6, 6.07) is 10.0. The predicted molar refractivity (Wildman–Crippen MR) is 69.3 cm³/mol. The number of rotatable bonds is 2. The van der Waals surface area contributed by atoms with Crippen molar-refractivity contribution in [2.75, 3.05) is 7.11 Å². The summed E-state index contributed by atoms with van der Waals surface area (Å²) < 4.78 is 4.98. The molecule has 1 aromatic carbocycles. The van der Waals surface area contributed by atoms with Gasteiger partial charge in [-0.3, -0.25) is 9.78 Å². The van der Waals surface area contributed by atoms with Crippen LogP contribution in [-0.4, -0.2) is 18.1 Å². The second-order valence-corrected chi connectivity index (χ2v) is 4.81. The molecule has 1 aliphatic rings. The van der Waals surface area contributed by atoms with E-state index in [0.29, 0.717) is 0 Å². The van der Waals surface area contributed by atoms with E-state index in [1.54, 1.807) is 6.20 Å². The average Bonchev–Trinajstić information content (AvgIpc) is 2.37. The minimum Gasteiger partial charge on any atom is -0.468 e. The lowest BCUT2D eigenvalue weighted by Gasteiger charge is -2.38. The Morgan fingerprint density at radius 3 is 2.72 bits per heavy atom. The predicted octanol–water partition coefficient (Wildman–Crippen LogP) is 2.83. The Morgan fingerprint density at radius 1 is 1.28 bits per heavy atom. The molecule has 1 aromatic heterocycles. The number of hydrogen-bond acceptors (Lipinski definition) is 3. The minimum atomic E-state index is -0.518. The number of benzene rings is 1. The standard InChI is InChI=1S/C15H15NO2/c1-18-14(17)15(8-4-9-15)13-12-6-3-2-5-11(12)7-10-16-13/h2-3,5-7,10H,4,8-9H2,1H3. The lowest BCUT2D eigenvalue weighted by Crippen LogP contribution is -2.44. The number of esters is 1. The molecule has 1 aliphatic carbocycles. The van der Waals surface area contributed by atoms with Gasteiger partial charge in [-0.15, -0.1) is 0 Å². The number of methoxy groups -OCH3 is 1. The number of carbonyl (C=O) groups excluding carboxylic acids is 1. The lowest BCUT2D eigenvalue weighted by molar-refractivity contribution is -0.151. The Balaban J connectivity index is 2.22. The lowest BCUT2D eigenvalue weighted by atomic mass is 9.65. The zero-order valence-electron chi connectivity index (χ0n) is 10.3. The van der Waals surface area contributed by atoms with Crippen molar-refractivity contribution in [3.63, 3.8) is 0 Å². The van der Waals surface area contributed by atoms with Crippen molar-refractivity contribution in [2.45, 2.75) is 24.7 Å². The van der Waals surface area contributed by atoms with Gasteiger partial charge in [-0.1, -0.05) is 30.7 Å². The molecule has 3 nitrogen and oxygen atoms in total. The van der Waals surface area contributed by atoms with Gasteiger partial charge in [-0.2, -0.15) is 0 Å². The summed E-state index contributed by atoms with van der Waals surface area (Å²) in [6.07, 6.45) is 4.50. The Morgan fingerprint density at radius 2 is 2.06 bits per heavy atom. The third-order valence-corrected chi connectivity index (χ3v) is 3.91. The molecule has 1 fully saturated rings. The van der Waals surface area contributed by atoms with Gasteiger partial charge in [0.1, 0.15) is 5.41 Å². The van der Waals surface area contributed by atoms with Crippen LogP contribution in [0.25, 0.3) is 10.8 Å². The van der Waals surface area contributed by atoms with Crippen LogP contribution in [-0.2, 0) is 14.9 Å². The van der Waals surface area contributed by atoms with Gasteiger partial charge in [0.15, 0.2) is 0 Å². The molecule has 3 rings (SSSR count). The summed E-state index contributed by atoms with van der Waals surface area (Å²) >= 11 is 0. The van der Waals surface area contributed by atoms with E-state index in [9.17, 15) is 4.79 Å². The fraction of sp³-hybridized carbons (Fsp3) is 0.333. The molecule has 0 spiro atoms. The van der Waals surface area contributed by atoms with E-state index in [1.165, 1.54) is 7.11 Å². The summed E-state index contributed by atoms with van der Waals surface area (Å²) in [5, 5.41) is 2.18. The smallest absolute Gasteiger partial charge is 0.317 e. The maximum Gasteiger partial charge on any atom is 0.317 e. The van der Waals surface area contributed by atoms with Gasteiger partial charge < -0.3 is 4.74 Å². The summed E-state index contributed by atoms with van der Waals surface area (Å²) in [6.45, 7) is 0. The zero-order chi connectivity index (χ0) is 12.6. The molecule has 1 heterocycles. The van der Waals surface area contributed by atoms with Gasteiger partial charge in [0.25, 0.3) is 0 Å². The van der Waals surface area contributed by atoms with Crippen molar-refractivity contribution in [2.24, 2.45) is 0 Å². The normalized spacial score (nSPS) is 17.2. The molecule has 0 saturated heterocycles. The van der Waals surface area contributed by atoms with Crippen LogP contribution in [0, 0.1) is 0 Å². The molecule has 1 saturated carbocycles. The van der Waals surface area contributed by atoms with Crippen molar-refractivity contribution < 1.29 is 9.53 Å². The quantitative estimate of drug-likeness (QED) is 0.759. The van der Waals surface area contributed by atoms with Crippen LogP contribution < -0.4 is 0 Å². The first-order chi connectivity index (χ1) is 8.78. The van der Waals surface area contributed by atoms with Crippen LogP contribution >= 0.6 is 0 Å². The van der Waals surface area contributed by atoms with Gasteiger partial charge in [0.2, 0.25) is 0 Å². The topological polar surface area (TPSA) is 39.2 Å². The Hall–Kier alpha value is -1.90. The van der Waals surface area contributed by atoms with Gasteiger partial charge in [0, 0.05) is 11.6 Å². The number of aromatic nitrogens is 1. The Bertz CT molecular complexity index is 597. The van der Waals surface area contributed by atoms with Crippen molar-refractivity contribution in [1.82, 2.24) is 4.98 Å². The van der Waals surface area contributed by atoms with E-state index in [4.69, 9.17) is 4.74 Å². The minimum absolute atomic E-state index is 0.155. The van der Waals surface area contributed by atoms with E-state index < -0.39 is 5.41 Å². The molecule has 92 valence electrons. The maximum atomic E-state index is 12.1. The fourth-order valence-electron chi connectivity index (χ4n) is 2.76. The van der Waals surface area contributed by atoms with Crippen LogP contribution in [0.3, 0.4) is 0 Å². The number of pyridine rings is 1. The first-order valence-electron chi connectivity index (χ1n) is 6.20. The molecule has 18 heavy (non-hydrogen) atoms. The molecule has 0 aliphatic heterocycles. The number of hydrogen-bond donors (Lipinski definition) is 0. The molecule has 0 radical (unpaired) electrons. The highest BCUT2D eigenvalue weighted by Crippen LogP contribution is 2.45. The third-order valence-electron chi connectivity index (χ3n) is 3.91. The molecule has 3 heteroatoms. The van der Waals surface area contributed by atoms with E-state index in [1.807, 2.05) is 30.3 Å². The van der Waals surface area contributed by atoms with Crippen LogP contribution in [0.2, 0.25) is 0 Å². The zero-order valence-corrected chi connectivity index (χ0v) is 10.3. The summed E-state index contributed by atoms with van der Waals surface area (Å²) in [5.41, 5.74) is 0.356. The highest BCUT2D eigenvalue weighted by atomic mass is 16.5. The number of fused-ring (bicyclic) bond motifs is 1. The van der Waals surface area contributed by atoms with Crippen LogP contribution in [0.4, 0.5) is 0 Å². The summed E-state index contributed by atoms with van der Waals surface area (Å²) in [5.74, 6) is -0.155. The van der Waals surface area contributed by atoms with E-state index in [2.05, 4.69) is 4.98 Å². The Labute approximate surface area is 106 Å². The summed E-state index contributed by atoms with van der Waals surface area (Å²) in [4.78, 5) is 16.6. The van der Waals surface area contributed by atoms with E-state index in [0.717, 1.165) is 35.7 Å². The molecular formula is C15H15NO2. The SMILES string of the molecule is COC(=O)C1(c2nccc3ccccc23)CCC1. The fourth-order valence-corrected chi connectivity index (χ4v) is 2.76. The molecule has 0 unspecified atom stereocenters. The van der Waals surface area contributed by atoms with Crippen molar-refractivity contribution in [3.05, 3.63) is 42.2 Å². The molecule has 0 N–H and O–H groups in total. The van der Waals surface area contributed by atoms with Crippen LogP contribution in [0.1, 0.15) is 25.0 Å². The van der Waals surface area contributed by atoms with Gasteiger partial charge in [-0.25, -0.2) is 0 Å². The number of ether oxygens (including phenoxy) is 1. The van der Waals surface area contributed by atoms with Crippen LogP contribution in [0.15, 0.2) is 36.5 Å². The summed E-state index contributed by atoms with van der Waals surface area (Å²) in [7, 11) is 1.45. The monoisotopic (exact) mass is 241 g/mol. The average molecular weight is 241 g/mol. The third kappa shape index (κ3) is 1.43. The molecule has 2 aromatic rings. The first kappa shape index (κ1) is 11.2. The number of nitrogens with zero attached hydrogens (tertiary/aromatic N) is 1. The second kappa shape index (κ2) is 4.09. The largest absolute Gasteiger partial charge is 0.468 e. The van der Waals surface area contributed by atoms with Gasteiger partial charge >= 0.3 is 5.97 Å². The van der Waals surface area contributed by atoms with Crippen molar-refractivity contribution >= 4 is 16.7 Å². The van der Waals surface area contributed by atoms with E-state index in [-0.39, 0.29) is 5.97 Å². The highest BCUT2D eigenvalue weighted by molar-refractivity contribution is 5.93. The maximum absolute atomic E-state index is 12.1. The number of carbonyl (C=O) groups is 1. The van der Waals surface area contributed by atoms with Crippen LogP contribution in [0.5, 0.6) is 0 Å². The molecule has 0 atom stereocenters.